The number of aliphatic hydroxyl groups excluding tert-OH is 1. The first-order valence-corrected chi connectivity index (χ1v) is 11.6. The van der Waals surface area contributed by atoms with E-state index in [1.165, 1.54) is 0 Å². The highest BCUT2D eigenvalue weighted by atomic mass is 16.5. The predicted molar refractivity (Wildman–Crippen MR) is 139 cm³/mol. The second-order valence-electron chi connectivity index (χ2n) is 9.18. The van der Waals surface area contributed by atoms with Crippen LogP contribution >= 0.6 is 0 Å². The summed E-state index contributed by atoms with van der Waals surface area (Å²) in [7, 11) is 1.99. The van der Waals surface area contributed by atoms with Crippen LogP contribution in [0.25, 0.3) is 0 Å². The zero-order chi connectivity index (χ0) is 25.7. The van der Waals surface area contributed by atoms with Crippen molar-refractivity contribution in [3.05, 3.63) is 89.5 Å². The fourth-order valence-corrected chi connectivity index (χ4v) is 4.30. The number of guanidine groups is 1. The van der Waals surface area contributed by atoms with Gasteiger partial charge in [0.25, 0.3) is 0 Å². The zero-order valence-electron chi connectivity index (χ0n) is 20.4. The van der Waals surface area contributed by atoms with Crippen LogP contribution in [0.5, 0.6) is 5.75 Å². The molecule has 8 heteroatoms. The van der Waals surface area contributed by atoms with Gasteiger partial charge in [-0.3, -0.25) is 0 Å². The van der Waals surface area contributed by atoms with Crippen LogP contribution in [0.1, 0.15) is 36.6 Å². The lowest BCUT2D eigenvalue weighted by Crippen LogP contribution is -2.54. The molecule has 182 valence electrons. The van der Waals surface area contributed by atoms with E-state index in [4.69, 9.17) is 4.74 Å². The van der Waals surface area contributed by atoms with E-state index in [1.807, 2.05) is 55.7 Å². The van der Waals surface area contributed by atoms with Crippen LogP contribution in [0, 0.1) is 22.8 Å². The summed E-state index contributed by atoms with van der Waals surface area (Å²) in [4.78, 5) is 6.06. The van der Waals surface area contributed by atoms with Gasteiger partial charge in [-0.25, -0.2) is 0 Å². The van der Waals surface area contributed by atoms with Crippen LogP contribution in [-0.2, 0) is 6.54 Å². The van der Waals surface area contributed by atoms with Crippen molar-refractivity contribution in [2.24, 2.45) is 4.99 Å². The topological polar surface area (TPSA) is 117 Å². The summed E-state index contributed by atoms with van der Waals surface area (Å²) in [5, 5.41) is 36.4. The predicted octanol–water partition coefficient (Wildman–Crippen LogP) is 4.31. The molecule has 0 amide bonds. The number of aliphatic imine (C=N–C) groups is 1. The molecule has 4 rings (SSSR count). The Morgan fingerprint density at radius 2 is 1.81 bits per heavy atom. The zero-order valence-corrected chi connectivity index (χ0v) is 20.4. The Kier molecular flexibility index (Phi) is 7.10. The Morgan fingerprint density at radius 3 is 2.53 bits per heavy atom. The van der Waals surface area contributed by atoms with E-state index in [-0.39, 0.29) is 5.96 Å². The number of anilines is 2. The van der Waals surface area contributed by atoms with E-state index in [2.05, 4.69) is 38.7 Å². The number of aliphatic hydroxyl groups is 1. The fraction of sp³-hybridized carbons (Fsp3) is 0.250. The molecule has 0 unspecified atom stereocenters. The summed E-state index contributed by atoms with van der Waals surface area (Å²) < 4.78 is 6.00. The van der Waals surface area contributed by atoms with Crippen LogP contribution in [0.4, 0.5) is 11.4 Å². The van der Waals surface area contributed by atoms with Crippen LogP contribution in [0.2, 0.25) is 0 Å². The van der Waals surface area contributed by atoms with E-state index in [1.54, 1.807) is 32.0 Å². The molecule has 0 saturated carbocycles. The maximum Gasteiger partial charge on any atom is 0.212 e. The van der Waals surface area contributed by atoms with Gasteiger partial charge in [-0.15, -0.1) is 4.99 Å². The van der Waals surface area contributed by atoms with Crippen LogP contribution in [0.3, 0.4) is 0 Å². The third-order valence-electron chi connectivity index (χ3n) is 6.16. The molecule has 0 aliphatic carbocycles. The van der Waals surface area contributed by atoms with Crippen LogP contribution in [-0.4, -0.2) is 29.8 Å². The summed E-state index contributed by atoms with van der Waals surface area (Å²) in [5.41, 5.74) is 2.96. The first-order chi connectivity index (χ1) is 17.3. The molecule has 1 aliphatic heterocycles. The van der Waals surface area contributed by atoms with Gasteiger partial charge in [-0.1, -0.05) is 42.5 Å². The van der Waals surface area contributed by atoms with Crippen molar-refractivity contribution in [3.8, 4) is 18.0 Å². The van der Waals surface area contributed by atoms with Gasteiger partial charge in [0.05, 0.1) is 29.0 Å². The second-order valence-corrected chi connectivity index (χ2v) is 9.18. The number of nitrogens with zero attached hydrogens (tertiary/aromatic N) is 4. The first kappa shape index (κ1) is 24.6. The van der Waals surface area contributed by atoms with Gasteiger partial charge in [0, 0.05) is 19.2 Å². The summed E-state index contributed by atoms with van der Waals surface area (Å²) in [5.74, 6) is 0.731. The molecule has 1 heterocycles. The van der Waals surface area contributed by atoms with Crippen molar-refractivity contribution in [1.29, 1.82) is 10.5 Å². The SMILES string of the molecule is CN(Cc1ccccc1)c1ccccc1NC(=NC#N)N[C@@H]1c2cc(C#N)ccc2OC(C)(C)[C@H]1O. The fourth-order valence-electron chi connectivity index (χ4n) is 4.30. The average molecular weight is 481 g/mol. The molecule has 0 aromatic heterocycles. The van der Waals surface area contributed by atoms with E-state index in [0.717, 1.165) is 16.9 Å². The van der Waals surface area contributed by atoms with Gasteiger partial charge in [0.15, 0.2) is 0 Å². The molecule has 0 bridgehead atoms. The Hall–Kier alpha value is -4.53. The highest BCUT2D eigenvalue weighted by molar-refractivity contribution is 5.97. The first-order valence-electron chi connectivity index (χ1n) is 11.6. The number of ether oxygens (including phenoxy) is 1. The van der Waals surface area contributed by atoms with Crippen molar-refractivity contribution in [3.63, 3.8) is 0 Å². The van der Waals surface area contributed by atoms with Gasteiger partial charge in [0.1, 0.15) is 17.5 Å². The number of benzene rings is 3. The standard InChI is InChI=1S/C28H28N6O2/c1-28(2)26(35)25(21-15-20(16-29)13-14-24(21)36-28)33-27(31-18-30)32-22-11-7-8-12-23(22)34(3)17-19-9-5-4-6-10-19/h4-15,25-26,35H,17H2,1-3H3,(H2,31,32,33)/t25-,26+/m1/s1. The third kappa shape index (κ3) is 5.25. The Bertz CT molecular complexity index is 1340. The highest BCUT2D eigenvalue weighted by Gasteiger charge is 2.43. The molecular formula is C28H28N6O2. The molecular weight excluding hydrogens is 452 g/mol. The Balaban J connectivity index is 1.63. The molecule has 3 aromatic rings. The van der Waals surface area contributed by atoms with Crippen molar-refractivity contribution in [2.45, 2.75) is 38.1 Å². The maximum absolute atomic E-state index is 11.2. The highest BCUT2D eigenvalue weighted by Crippen LogP contribution is 2.40. The number of hydrogen-bond donors (Lipinski definition) is 3. The smallest absolute Gasteiger partial charge is 0.212 e. The monoisotopic (exact) mass is 480 g/mol. The number of fused-ring (bicyclic) bond motifs is 1. The summed E-state index contributed by atoms with van der Waals surface area (Å²) >= 11 is 0. The summed E-state index contributed by atoms with van der Waals surface area (Å²) in [6, 6.07) is 24.4. The van der Waals surface area contributed by atoms with Crippen molar-refractivity contribution in [2.75, 3.05) is 17.3 Å². The average Bonchev–Trinajstić information content (AvgIpc) is 2.87. The normalized spacial score (nSPS) is 18.1. The largest absolute Gasteiger partial charge is 0.485 e. The lowest BCUT2D eigenvalue weighted by Gasteiger charge is -2.42. The number of rotatable bonds is 5. The molecule has 0 fully saturated rings. The molecule has 3 aromatic carbocycles. The van der Waals surface area contributed by atoms with Gasteiger partial charge in [-0.2, -0.15) is 10.5 Å². The lowest BCUT2D eigenvalue weighted by molar-refractivity contribution is -0.0610. The quantitative estimate of drug-likeness (QED) is 0.283. The minimum Gasteiger partial charge on any atom is -0.485 e. The molecule has 0 radical (unpaired) electrons. The number of hydrogen-bond acceptors (Lipinski definition) is 6. The van der Waals surface area contributed by atoms with Crippen LogP contribution in [0.15, 0.2) is 77.8 Å². The van der Waals surface area contributed by atoms with Gasteiger partial charge in [-0.05, 0) is 49.7 Å². The van der Waals surface area contributed by atoms with Gasteiger partial charge < -0.3 is 25.4 Å². The van der Waals surface area contributed by atoms with Crippen molar-refractivity contribution in [1.82, 2.24) is 5.32 Å². The molecule has 8 nitrogen and oxygen atoms in total. The molecule has 0 saturated heterocycles. The third-order valence-corrected chi connectivity index (χ3v) is 6.16. The van der Waals surface area contributed by atoms with E-state index >= 15 is 0 Å². The van der Waals surface area contributed by atoms with Crippen molar-refractivity contribution < 1.29 is 9.84 Å². The van der Waals surface area contributed by atoms with Crippen molar-refractivity contribution >= 4 is 17.3 Å². The Morgan fingerprint density at radius 1 is 1.08 bits per heavy atom. The number of nitrogens with one attached hydrogen (secondary N) is 2. The molecule has 3 N–H and O–H groups in total. The maximum atomic E-state index is 11.2. The minimum atomic E-state index is -0.986. The molecule has 1 aliphatic rings. The Labute approximate surface area is 211 Å². The summed E-state index contributed by atoms with van der Waals surface area (Å²) in [6.45, 7) is 4.26. The van der Waals surface area contributed by atoms with E-state index in [9.17, 15) is 15.6 Å². The van der Waals surface area contributed by atoms with Gasteiger partial charge >= 0.3 is 0 Å². The molecule has 2 atom stereocenters. The summed E-state index contributed by atoms with van der Waals surface area (Å²) in [6.07, 6.45) is 0.847. The second kappa shape index (κ2) is 10.4. The van der Waals surface area contributed by atoms with E-state index in [0.29, 0.717) is 23.4 Å². The number of para-hydroxylation sites is 2. The lowest BCUT2D eigenvalue weighted by atomic mass is 9.86. The minimum absolute atomic E-state index is 0.174. The van der Waals surface area contributed by atoms with Gasteiger partial charge in [0.2, 0.25) is 12.2 Å². The number of nitriles is 2. The molecule has 0 spiro atoms. The van der Waals surface area contributed by atoms with E-state index < -0.39 is 17.7 Å². The van der Waals surface area contributed by atoms with Crippen LogP contribution < -0.4 is 20.3 Å². The molecule has 36 heavy (non-hydrogen) atoms.